The number of rotatable bonds is 5. The zero-order chi connectivity index (χ0) is 25.1. The van der Waals surface area contributed by atoms with Gasteiger partial charge in [-0.3, -0.25) is 0 Å². The third kappa shape index (κ3) is 4.66. The molecule has 0 radical (unpaired) electrons. The van der Waals surface area contributed by atoms with Gasteiger partial charge in [0.2, 0.25) is 0 Å². The summed E-state index contributed by atoms with van der Waals surface area (Å²) in [6.07, 6.45) is 10.6. The Balaban J connectivity index is 1.59. The first-order valence-electron chi connectivity index (χ1n) is 13.6. The van der Waals surface area contributed by atoms with E-state index in [2.05, 4.69) is 53.8 Å². The van der Waals surface area contributed by atoms with Gasteiger partial charge in [0.1, 0.15) is 5.25 Å². The van der Waals surface area contributed by atoms with Crippen LogP contribution in [0.5, 0.6) is 0 Å². The Bertz CT molecular complexity index is 957. The fraction of sp³-hybridized carbons (Fsp3) is 0.857. The van der Waals surface area contributed by atoms with Gasteiger partial charge in [0.05, 0.1) is 5.75 Å². The van der Waals surface area contributed by atoms with Crippen LogP contribution in [0, 0.1) is 23.2 Å². The van der Waals surface area contributed by atoms with Gasteiger partial charge < -0.3 is 9.53 Å². The molecule has 2 fully saturated rings. The Hall–Kier alpha value is -0.433. The molecule has 0 spiro atoms. The molecule has 6 atom stereocenters. The van der Waals surface area contributed by atoms with E-state index >= 15 is 0 Å². The maximum atomic E-state index is 13.4. The minimum absolute atomic E-state index is 0.145. The molecule has 4 nitrogen and oxygen atoms in total. The van der Waals surface area contributed by atoms with Crippen LogP contribution in [0.3, 0.4) is 0 Å². The maximum absolute atomic E-state index is 13.4. The number of aliphatic hydroxyl groups is 1. The fourth-order valence-electron chi connectivity index (χ4n) is 7.45. The van der Waals surface area contributed by atoms with Gasteiger partial charge in [-0.05, 0) is 98.2 Å². The van der Waals surface area contributed by atoms with Gasteiger partial charge in [-0.25, -0.2) is 8.42 Å². The number of sulfone groups is 1. The Morgan fingerprint density at radius 3 is 2.56 bits per heavy atom. The molecule has 1 heterocycles. The van der Waals surface area contributed by atoms with Crippen molar-refractivity contribution in [3.63, 3.8) is 0 Å². The number of allylic oxidation sites excluding steroid dienone is 1. The average Bonchev–Trinajstić information content (AvgIpc) is 3.20. The summed E-state index contributed by atoms with van der Waals surface area (Å²) in [5.41, 5.74) is 3.91. The van der Waals surface area contributed by atoms with E-state index in [4.69, 9.17) is 4.43 Å². The van der Waals surface area contributed by atoms with Crippen LogP contribution in [-0.4, -0.2) is 45.6 Å². The SMILES string of the molecule is CC(CO)C1CCC2/C(=C/C3C4=C(CCC(O[Si](C)(C)C(C)(C)C)C4)CS3(=O)=O)CCCC21C. The maximum Gasteiger partial charge on any atom is 0.192 e. The Kier molecular flexibility index (Phi) is 7.16. The van der Waals surface area contributed by atoms with Crippen LogP contribution in [-0.2, 0) is 14.3 Å². The molecule has 194 valence electrons. The summed E-state index contributed by atoms with van der Waals surface area (Å²) < 4.78 is 33.5. The molecule has 0 aromatic rings. The predicted molar refractivity (Wildman–Crippen MR) is 143 cm³/mol. The predicted octanol–water partition coefficient (Wildman–Crippen LogP) is 6.43. The van der Waals surface area contributed by atoms with Crippen molar-refractivity contribution in [3.05, 3.63) is 22.8 Å². The largest absolute Gasteiger partial charge is 0.414 e. The summed E-state index contributed by atoms with van der Waals surface area (Å²) in [6, 6.07) is 0. The quantitative estimate of drug-likeness (QED) is 0.343. The lowest BCUT2D eigenvalue weighted by atomic mass is 9.61. The molecule has 6 heteroatoms. The zero-order valence-corrected chi connectivity index (χ0v) is 24.4. The van der Waals surface area contributed by atoms with E-state index in [-0.39, 0.29) is 28.9 Å². The summed E-state index contributed by atoms with van der Waals surface area (Å²) in [6.45, 7) is 16.2. The number of fused-ring (bicyclic) bond motifs is 1. The summed E-state index contributed by atoms with van der Waals surface area (Å²) in [7, 11) is -5.08. The second-order valence-corrected chi connectivity index (χ2v) is 20.5. The molecule has 0 saturated heterocycles. The lowest BCUT2D eigenvalue weighted by molar-refractivity contribution is 0.0688. The van der Waals surface area contributed by atoms with Crippen molar-refractivity contribution in [2.75, 3.05) is 12.4 Å². The molecule has 0 aromatic heterocycles. The minimum Gasteiger partial charge on any atom is -0.414 e. The van der Waals surface area contributed by atoms with Crippen molar-refractivity contribution in [1.29, 1.82) is 0 Å². The van der Waals surface area contributed by atoms with Crippen LogP contribution in [0.25, 0.3) is 0 Å². The second kappa shape index (κ2) is 9.15. The van der Waals surface area contributed by atoms with Gasteiger partial charge in [0.15, 0.2) is 18.2 Å². The van der Waals surface area contributed by atoms with Crippen molar-refractivity contribution in [2.45, 2.75) is 115 Å². The highest BCUT2D eigenvalue weighted by molar-refractivity contribution is 7.92. The average molecular weight is 509 g/mol. The third-order valence-electron chi connectivity index (χ3n) is 10.4. The van der Waals surface area contributed by atoms with E-state index in [0.29, 0.717) is 17.8 Å². The molecule has 1 N–H and O–H groups in total. The molecule has 6 unspecified atom stereocenters. The van der Waals surface area contributed by atoms with E-state index < -0.39 is 23.4 Å². The van der Waals surface area contributed by atoms with Gasteiger partial charge >= 0.3 is 0 Å². The lowest BCUT2D eigenvalue weighted by Crippen LogP contribution is -2.44. The van der Waals surface area contributed by atoms with Crippen LogP contribution >= 0.6 is 0 Å². The summed E-state index contributed by atoms with van der Waals surface area (Å²) in [5.74, 6) is 1.54. The highest BCUT2D eigenvalue weighted by Gasteiger charge is 2.51. The summed E-state index contributed by atoms with van der Waals surface area (Å²) in [4.78, 5) is 0. The molecule has 4 rings (SSSR count). The van der Waals surface area contributed by atoms with Gasteiger partial charge in [-0.2, -0.15) is 0 Å². The molecule has 1 aliphatic heterocycles. The summed E-state index contributed by atoms with van der Waals surface area (Å²) >= 11 is 0. The minimum atomic E-state index is -3.18. The van der Waals surface area contributed by atoms with Crippen LogP contribution in [0.4, 0.5) is 0 Å². The molecule has 2 saturated carbocycles. The van der Waals surface area contributed by atoms with Gasteiger partial charge in [0, 0.05) is 12.7 Å². The molecule has 0 aromatic carbocycles. The molecule has 3 aliphatic carbocycles. The topological polar surface area (TPSA) is 63.6 Å². The Labute approximate surface area is 209 Å². The van der Waals surface area contributed by atoms with Crippen molar-refractivity contribution in [1.82, 2.24) is 0 Å². The van der Waals surface area contributed by atoms with E-state index in [9.17, 15) is 13.5 Å². The fourth-order valence-corrected chi connectivity index (χ4v) is 10.9. The van der Waals surface area contributed by atoms with Crippen LogP contribution < -0.4 is 0 Å². The molecular weight excluding hydrogens is 460 g/mol. The van der Waals surface area contributed by atoms with E-state index in [0.717, 1.165) is 50.5 Å². The van der Waals surface area contributed by atoms with E-state index in [1.165, 1.54) is 17.6 Å². The third-order valence-corrected chi connectivity index (χ3v) is 16.9. The zero-order valence-electron chi connectivity index (χ0n) is 22.6. The second-order valence-electron chi connectivity index (χ2n) is 13.6. The van der Waals surface area contributed by atoms with Gasteiger partial charge in [-0.1, -0.05) is 51.8 Å². The number of hydrogen-bond donors (Lipinski definition) is 1. The van der Waals surface area contributed by atoms with Crippen molar-refractivity contribution in [2.24, 2.45) is 23.2 Å². The number of aliphatic hydroxyl groups excluding tert-OH is 1. The lowest BCUT2D eigenvalue weighted by Gasteiger charge is -2.44. The highest BCUT2D eigenvalue weighted by atomic mass is 32.2. The van der Waals surface area contributed by atoms with E-state index in [1.807, 2.05) is 0 Å². The summed E-state index contributed by atoms with van der Waals surface area (Å²) in [5, 5.41) is 9.55. The Morgan fingerprint density at radius 1 is 1.21 bits per heavy atom. The van der Waals surface area contributed by atoms with Gasteiger partial charge in [0.25, 0.3) is 0 Å². The monoisotopic (exact) mass is 508 g/mol. The smallest absolute Gasteiger partial charge is 0.192 e. The van der Waals surface area contributed by atoms with Gasteiger partial charge in [-0.15, -0.1) is 0 Å². The number of hydrogen-bond acceptors (Lipinski definition) is 4. The Morgan fingerprint density at radius 2 is 1.91 bits per heavy atom. The molecule has 34 heavy (non-hydrogen) atoms. The normalized spacial score (nSPS) is 38.2. The standard InChI is InChI=1S/C28H48O4SSi/c1-19(17-29)24-12-13-25-20(9-8-14-28(24,25)5)15-26-23-16-22(32-34(6,7)27(2,3)4)11-10-21(23)18-33(26,30)31/h15,19,22,24-26,29H,8-14,16-18H2,1-7H3/b20-15+. The first-order chi connectivity index (χ1) is 15.7. The van der Waals surface area contributed by atoms with Crippen molar-refractivity contribution < 1.29 is 18.0 Å². The first-order valence-corrected chi connectivity index (χ1v) is 18.2. The highest BCUT2D eigenvalue weighted by Crippen LogP contribution is 2.59. The molecule has 0 bridgehead atoms. The molecular formula is C28H48O4SSi. The van der Waals surface area contributed by atoms with E-state index in [1.54, 1.807) is 0 Å². The van der Waals surface area contributed by atoms with Crippen LogP contribution in [0.1, 0.15) is 86.0 Å². The van der Waals surface area contributed by atoms with Crippen molar-refractivity contribution in [3.8, 4) is 0 Å². The van der Waals surface area contributed by atoms with Crippen molar-refractivity contribution >= 4 is 18.2 Å². The van der Waals surface area contributed by atoms with Crippen LogP contribution in [0.15, 0.2) is 22.8 Å². The first kappa shape index (κ1) is 26.6. The molecule has 0 amide bonds. The molecule has 4 aliphatic rings. The van der Waals surface area contributed by atoms with Crippen LogP contribution in [0.2, 0.25) is 18.1 Å².